The SMILES string of the molecule is Cc1cc(C(=O)N(CC2CCCO2)c2nc3c(Cl)cccc3s2)on1. The predicted octanol–water partition coefficient (Wildman–Crippen LogP) is 4.07. The van der Waals surface area contributed by atoms with Crippen molar-refractivity contribution in [1.82, 2.24) is 10.1 Å². The van der Waals surface area contributed by atoms with Crippen molar-refractivity contribution in [3.63, 3.8) is 0 Å². The number of nitrogens with zero attached hydrogens (tertiary/aromatic N) is 3. The first-order valence-corrected chi connectivity index (χ1v) is 9.23. The van der Waals surface area contributed by atoms with Gasteiger partial charge in [-0.05, 0) is 31.9 Å². The van der Waals surface area contributed by atoms with Crippen LogP contribution >= 0.6 is 22.9 Å². The van der Waals surface area contributed by atoms with Crippen LogP contribution in [0.5, 0.6) is 0 Å². The molecule has 0 bridgehead atoms. The molecule has 1 atom stereocenters. The Morgan fingerprint density at radius 1 is 1.48 bits per heavy atom. The molecule has 3 aromatic rings. The Hall–Kier alpha value is -1.96. The topological polar surface area (TPSA) is 68.5 Å². The summed E-state index contributed by atoms with van der Waals surface area (Å²) in [5, 5.41) is 4.96. The Morgan fingerprint density at radius 3 is 3.04 bits per heavy atom. The normalized spacial score (nSPS) is 17.3. The molecule has 25 heavy (non-hydrogen) atoms. The summed E-state index contributed by atoms with van der Waals surface area (Å²) in [6.07, 6.45) is 1.92. The second-order valence-electron chi connectivity index (χ2n) is 5.97. The maximum Gasteiger partial charge on any atom is 0.298 e. The van der Waals surface area contributed by atoms with Gasteiger partial charge in [-0.2, -0.15) is 0 Å². The minimum absolute atomic E-state index is 0.00421. The maximum atomic E-state index is 13.0. The van der Waals surface area contributed by atoms with E-state index < -0.39 is 0 Å². The number of fused-ring (bicyclic) bond motifs is 1. The van der Waals surface area contributed by atoms with Crippen molar-refractivity contribution < 1.29 is 14.1 Å². The summed E-state index contributed by atoms with van der Waals surface area (Å²) in [5.74, 6) is -0.0767. The predicted molar refractivity (Wildman–Crippen MR) is 96.5 cm³/mol. The van der Waals surface area contributed by atoms with Crippen molar-refractivity contribution in [3.8, 4) is 0 Å². The second kappa shape index (κ2) is 6.74. The number of para-hydroxylation sites is 1. The first kappa shape index (κ1) is 16.5. The van der Waals surface area contributed by atoms with Crippen LogP contribution in [0, 0.1) is 6.92 Å². The molecule has 0 radical (unpaired) electrons. The number of aryl methyl sites for hydroxylation is 1. The Labute approximate surface area is 153 Å². The highest BCUT2D eigenvalue weighted by Crippen LogP contribution is 2.34. The van der Waals surface area contributed by atoms with Crippen LogP contribution in [0.2, 0.25) is 5.02 Å². The zero-order valence-electron chi connectivity index (χ0n) is 13.6. The summed E-state index contributed by atoms with van der Waals surface area (Å²) in [6, 6.07) is 7.24. The van der Waals surface area contributed by atoms with Crippen LogP contribution in [-0.2, 0) is 4.74 Å². The van der Waals surface area contributed by atoms with E-state index in [1.165, 1.54) is 11.3 Å². The Kier molecular flexibility index (Phi) is 4.45. The minimum atomic E-state index is -0.272. The van der Waals surface area contributed by atoms with Gasteiger partial charge < -0.3 is 9.26 Å². The van der Waals surface area contributed by atoms with Gasteiger partial charge in [0.25, 0.3) is 5.91 Å². The molecular weight excluding hydrogens is 362 g/mol. The van der Waals surface area contributed by atoms with E-state index in [1.807, 2.05) is 12.1 Å². The number of hydrogen-bond donors (Lipinski definition) is 0. The molecule has 1 saturated heterocycles. The van der Waals surface area contributed by atoms with Crippen molar-refractivity contribution in [1.29, 1.82) is 0 Å². The molecule has 6 nitrogen and oxygen atoms in total. The van der Waals surface area contributed by atoms with Crippen LogP contribution in [0.1, 0.15) is 29.1 Å². The number of halogens is 1. The fourth-order valence-electron chi connectivity index (χ4n) is 2.86. The van der Waals surface area contributed by atoms with Gasteiger partial charge in [0, 0.05) is 12.7 Å². The smallest absolute Gasteiger partial charge is 0.298 e. The Balaban J connectivity index is 1.72. The van der Waals surface area contributed by atoms with Gasteiger partial charge in [-0.15, -0.1) is 0 Å². The molecule has 0 N–H and O–H groups in total. The average Bonchev–Trinajstić information content (AvgIpc) is 3.32. The van der Waals surface area contributed by atoms with Gasteiger partial charge in [0.1, 0.15) is 5.52 Å². The summed E-state index contributed by atoms with van der Waals surface area (Å²) in [5.41, 5.74) is 1.36. The number of anilines is 1. The molecule has 1 aliphatic heterocycles. The fourth-order valence-corrected chi connectivity index (χ4v) is 4.13. The van der Waals surface area contributed by atoms with E-state index in [0.29, 0.717) is 27.9 Å². The molecule has 0 saturated carbocycles. The number of aromatic nitrogens is 2. The highest BCUT2D eigenvalue weighted by molar-refractivity contribution is 7.22. The van der Waals surface area contributed by atoms with Gasteiger partial charge in [0.05, 0.1) is 28.1 Å². The molecule has 1 aliphatic rings. The maximum absolute atomic E-state index is 13.0. The van der Waals surface area contributed by atoms with Gasteiger partial charge >= 0.3 is 0 Å². The van der Waals surface area contributed by atoms with Crippen LogP contribution in [0.25, 0.3) is 10.2 Å². The lowest BCUT2D eigenvalue weighted by Crippen LogP contribution is -2.37. The molecule has 2 aromatic heterocycles. The monoisotopic (exact) mass is 377 g/mol. The number of carbonyl (C=O) groups excluding carboxylic acids is 1. The lowest BCUT2D eigenvalue weighted by Gasteiger charge is -2.21. The van der Waals surface area contributed by atoms with E-state index in [9.17, 15) is 4.79 Å². The average molecular weight is 378 g/mol. The molecule has 1 aromatic carbocycles. The molecule has 0 aliphatic carbocycles. The van der Waals surface area contributed by atoms with E-state index >= 15 is 0 Å². The molecule has 1 amide bonds. The van der Waals surface area contributed by atoms with Crippen molar-refractivity contribution in [2.75, 3.05) is 18.1 Å². The van der Waals surface area contributed by atoms with Crippen LogP contribution in [-0.4, -0.2) is 35.3 Å². The largest absolute Gasteiger partial charge is 0.376 e. The number of amides is 1. The van der Waals surface area contributed by atoms with Crippen LogP contribution < -0.4 is 4.90 Å². The van der Waals surface area contributed by atoms with Gasteiger partial charge in [0.15, 0.2) is 5.13 Å². The quantitative estimate of drug-likeness (QED) is 0.685. The third-order valence-corrected chi connectivity index (χ3v) is 5.43. The minimum Gasteiger partial charge on any atom is -0.376 e. The number of hydrogen-bond acceptors (Lipinski definition) is 6. The third kappa shape index (κ3) is 3.27. The van der Waals surface area contributed by atoms with E-state index in [1.54, 1.807) is 24.0 Å². The third-order valence-electron chi connectivity index (χ3n) is 4.08. The molecule has 0 spiro atoms. The molecular formula is C17H16ClN3O3S. The van der Waals surface area contributed by atoms with Gasteiger partial charge in [-0.3, -0.25) is 9.69 Å². The van der Waals surface area contributed by atoms with Crippen LogP contribution in [0.4, 0.5) is 5.13 Å². The summed E-state index contributed by atoms with van der Waals surface area (Å²) in [4.78, 5) is 19.2. The van der Waals surface area contributed by atoms with Crippen molar-refractivity contribution in [3.05, 3.63) is 40.7 Å². The molecule has 130 valence electrons. The number of thiazole rings is 1. The van der Waals surface area contributed by atoms with E-state index in [2.05, 4.69) is 10.1 Å². The van der Waals surface area contributed by atoms with E-state index in [0.717, 1.165) is 24.1 Å². The molecule has 3 heterocycles. The molecule has 1 unspecified atom stereocenters. The Morgan fingerprint density at radius 2 is 2.36 bits per heavy atom. The second-order valence-corrected chi connectivity index (χ2v) is 7.38. The van der Waals surface area contributed by atoms with Gasteiger partial charge in [-0.25, -0.2) is 4.98 Å². The fraction of sp³-hybridized carbons (Fsp3) is 0.353. The lowest BCUT2D eigenvalue weighted by molar-refractivity contribution is 0.0887. The van der Waals surface area contributed by atoms with Crippen molar-refractivity contribution in [2.45, 2.75) is 25.9 Å². The number of benzene rings is 1. The first-order valence-electron chi connectivity index (χ1n) is 8.03. The molecule has 4 rings (SSSR count). The highest BCUT2D eigenvalue weighted by Gasteiger charge is 2.29. The number of carbonyl (C=O) groups is 1. The highest BCUT2D eigenvalue weighted by atomic mass is 35.5. The number of rotatable bonds is 4. The molecule has 8 heteroatoms. The summed E-state index contributed by atoms with van der Waals surface area (Å²) in [6.45, 7) is 2.93. The van der Waals surface area contributed by atoms with Crippen LogP contribution in [0.3, 0.4) is 0 Å². The first-order chi connectivity index (χ1) is 12.1. The summed E-state index contributed by atoms with van der Waals surface area (Å²) in [7, 11) is 0. The zero-order chi connectivity index (χ0) is 17.4. The van der Waals surface area contributed by atoms with Crippen molar-refractivity contribution in [2.24, 2.45) is 0 Å². The van der Waals surface area contributed by atoms with Gasteiger partial charge in [0.2, 0.25) is 5.76 Å². The molecule has 1 fully saturated rings. The van der Waals surface area contributed by atoms with Crippen LogP contribution in [0.15, 0.2) is 28.8 Å². The van der Waals surface area contributed by atoms with E-state index in [-0.39, 0.29) is 17.8 Å². The Bertz CT molecular complexity index is 917. The number of ether oxygens (including phenoxy) is 1. The van der Waals surface area contributed by atoms with E-state index in [4.69, 9.17) is 20.9 Å². The summed E-state index contributed by atoms with van der Waals surface area (Å²) >= 11 is 7.66. The standard InChI is InChI=1S/C17H16ClN3O3S/c1-10-8-13(24-20-10)16(22)21(9-11-4-3-7-23-11)17-19-15-12(18)5-2-6-14(15)25-17/h2,5-6,8,11H,3-4,7,9H2,1H3. The zero-order valence-corrected chi connectivity index (χ0v) is 15.1. The summed E-state index contributed by atoms with van der Waals surface area (Å²) < 4.78 is 11.8. The lowest BCUT2D eigenvalue weighted by atomic mass is 10.2. The van der Waals surface area contributed by atoms with Gasteiger partial charge in [-0.1, -0.05) is 34.2 Å². The van der Waals surface area contributed by atoms with Crippen molar-refractivity contribution >= 4 is 44.2 Å².